The van der Waals surface area contributed by atoms with Crippen molar-refractivity contribution in [1.29, 1.82) is 0 Å². The third-order valence-corrected chi connectivity index (χ3v) is 3.45. The lowest BCUT2D eigenvalue weighted by atomic mass is 10.2. The fraction of sp³-hybridized carbons (Fsp3) is 0.154. The first-order valence-corrected chi connectivity index (χ1v) is 6.76. The number of thiazole rings is 1. The minimum absolute atomic E-state index is 0.0900. The zero-order chi connectivity index (χ0) is 15.4. The predicted molar refractivity (Wildman–Crippen MR) is 76.1 cm³/mol. The first kappa shape index (κ1) is 14.9. The number of carbonyl (C=O) groups excluding carboxylic acids is 1. The van der Waals surface area contributed by atoms with Crippen LogP contribution in [0.1, 0.15) is 20.2 Å². The van der Waals surface area contributed by atoms with Crippen molar-refractivity contribution in [3.8, 4) is 0 Å². The van der Waals surface area contributed by atoms with Crippen LogP contribution in [0.4, 0.5) is 14.9 Å². The Balaban J connectivity index is 1.94. The van der Waals surface area contributed by atoms with Crippen molar-refractivity contribution < 1.29 is 19.1 Å². The second-order valence-corrected chi connectivity index (χ2v) is 5.49. The number of hydrogen-bond donors (Lipinski definition) is 3. The number of carboxylic acids is 1. The van der Waals surface area contributed by atoms with Crippen molar-refractivity contribution in [1.82, 2.24) is 10.3 Å². The van der Waals surface area contributed by atoms with Crippen LogP contribution >= 0.6 is 11.3 Å². The van der Waals surface area contributed by atoms with Crippen LogP contribution in [0.15, 0.2) is 24.4 Å². The average molecular weight is 309 g/mol. The number of halogens is 1. The summed E-state index contributed by atoms with van der Waals surface area (Å²) < 4.78 is 13.6. The molecule has 110 valence electrons. The lowest BCUT2D eigenvalue weighted by Crippen LogP contribution is -2.28. The summed E-state index contributed by atoms with van der Waals surface area (Å²) >= 11 is 1.45. The topological polar surface area (TPSA) is 91.3 Å². The number of nitrogens with zero attached hydrogens (tertiary/aromatic N) is 1. The van der Waals surface area contributed by atoms with E-state index in [-0.39, 0.29) is 17.8 Å². The van der Waals surface area contributed by atoms with Crippen LogP contribution in [0, 0.1) is 12.7 Å². The fourth-order valence-corrected chi connectivity index (χ4v) is 2.28. The number of carbonyl (C=O) groups is 2. The number of urea groups is 1. The average Bonchev–Trinajstić information content (AvgIpc) is 2.84. The third kappa shape index (κ3) is 3.99. The highest BCUT2D eigenvalue weighted by molar-refractivity contribution is 7.11. The van der Waals surface area contributed by atoms with Crippen LogP contribution in [-0.4, -0.2) is 22.1 Å². The van der Waals surface area contributed by atoms with Gasteiger partial charge in [-0.2, -0.15) is 0 Å². The molecule has 1 aromatic heterocycles. The van der Waals surface area contributed by atoms with Crippen molar-refractivity contribution in [3.63, 3.8) is 0 Å². The van der Waals surface area contributed by atoms with Gasteiger partial charge in [-0.15, -0.1) is 11.3 Å². The fourth-order valence-electron chi connectivity index (χ4n) is 1.56. The number of rotatable bonds is 4. The van der Waals surface area contributed by atoms with Crippen molar-refractivity contribution in [3.05, 3.63) is 45.7 Å². The molecular formula is C13H12FN3O3S. The van der Waals surface area contributed by atoms with Crippen molar-refractivity contribution in [2.45, 2.75) is 13.5 Å². The zero-order valence-electron chi connectivity index (χ0n) is 11.0. The van der Waals surface area contributed by atoms with E-state index in [0.717, 1.165) is 16.0 Å². The van der Waals surface area contributed by atoms with E-state index in [9.17, 15) is 14.0 Å². The Labute approximate surface area is 123 Å². The molecule has 0 aliphatic heterocycles. The van der Waals surface area contributed by atoms with Gasteiger partial charge in [-0.1, -0.05) is 0 Å². The molecule has 0 atom stereocenters. The van der Waals surface area contributed by atoms with E-state index in [1.807, 2.05) is 6.92 Å². The van der Waals surface area contributed by atoms with Crippen LogP contribution in [0.3, 0.4) is 0 Å². The summed E-state index contributed by atoms with van der Waals surface area (Å²) in [4.78, 5) is 27.4. The summed E-state index contributed by atoms with van der Waals surface area (Å²) in [5.41, 5.74) is -0.274. The molecule has 0 unspecified atom stereocenters. The quantitative estimate of drug-likeness (QED) is 0.809. The Bertz CT molecular complexity index is 687. The van der Waals surface area contributed by atoms with Gasteiger partial charge in [-0.25, -0.2) is 19.0 Å². The maximum absolute atomic E-state index is 13.6. The Hall–Kier alpha value is -2.48. The highest BCUT2D eigenvalue weighted by Gasteiger charge is 2.11. The highest BCUT2D eigenvalue weighted by atomic mass is 32.1. The standard InChI is InChI=1S/C13H12FN3O3S/c1-7-5-15-11(21-7)6-16-13(20)17-10-3-2-8(12(18)19)4-9(10)14/h2-5H,6H2,1H3,(H,18,19)(H2,16,17,20). The Morgan fingerprint density at radius 1 is 1.43 bits per heavy atom. The van der Waals surface area contributed by atoms with Gasteiger partial charge in [0.2, 0.25) is 0 Å². The molecule has 2 aromatic rings. The molecule has 1 aromatic carbocycles. The highest BCUT2D eigenvalue weighted by Crippen LogP contribution is 2.16. The number of nitrogens with one attached hydrogen (secondary N) is 2. The van der Waals surface area contributed by atoms with Crippen LogP contribution in [0.5, 0.6) is 0 Å². The lowest BCUT2D eigenvalue weighted by Gasteiger charge is -2.07. The molecule has 6 nitrogen and oxygen atoms in total. The number of benzene rings is 1. The lowest BCUT2D eigenvalue weighted by molar-refractivity contribution is 0.0696. The molecule has 0 aliphatic carbocycles. The maximum atomic E-state index is 13.6. The molecule has 1 heterocycles. The number of amides is 2. The van der Waals surface area contributed by atoms with Crippen LogP contribution in [0.2, 0.25) is 0 Å². The van der Waals surface area contributed by atoms with E-state index in [2.05, 4.69) is 15.6 Å². The zero-order valence-corrected chi connectivity index (χ0v) is 11.8. The van der Waals surface area contributed by atoms with Gasteiger partial charge in [0, 0.05) is 11.1 Å². The van der Waals surface area contributed by atoms with E-state index in [0.29, 0.717) is 0 Å². The third-order valence-electron chi connectivity index (χ3n) is 2.53. The molecule has 2 rings (SSSR count). The van der Waals surface area contributed by atoms with E-state index in [1.54, 1.807) is 6.20 Å². The first-order chi connectivity index (χ1) is 9.95. The van der Waals surface area contributed by atoms with Gasteiger partial charge in [-0.3, -0.25) is 0 Å². The van der Waals surface area contributed by atoms with Gasteiger partial charge in [0.1, 0.15) is 10.8 Å². The molecule has 8 heteroatoms. The minimum atomic E-state index is -1.23. The van der Waals surface area contributed by atoms with Crippen LogP contribution in [-0.2, 0) is 6.54 Å². The second-order valence-electron chi connectivity index (χ2n) is 4.17. The summed E-state index contributed by atoms with van der Waals surface area (Å²) in [5, 5.41) is 14.3. The SMILES string of the molecule is Cc1cnc(CNC(=O)Nc2ccc(C(=O)O)cc2F)s1. The van der Waals surface area contributed by atoms with Gasteiger partial charge in [0.05, 0.1) is 17.8 Å². The summed E-state index contributed by atoms with van der Waals surface area (Å²) in [7, 11) is 0. The maximum Gasteiger partial charge on any atom is 0.335 e. The molecule has 0 aliphatic rings. The molecule has 0 saturated heterocycles. The van der Waals surface area contributed by atoms with Crippen molar-refractivity contribution >= 4 is 29.0 Å². The van der Waals surface area contributed by atoms with E-state index in [1.165, 1.54) is 23.5 Å². The van der Waals surface area contributed by atoms with Crippen LogP contribution in [0.25, 0.3) is 0 Å². The summed E-state index contributed by atoms with van der Waals surface area (Å²) in [6.45, 7) is 2.14. The molecule has 0 radical (unpaired) electrons. The Kier molecular flexibility index (Phi) is 4.49. The van der Waals surface area contributed by atoms with Gasteiger partial charge in [-0.05, 0) is 25.1 Å². The normalized spacial score (nSPS) is 10.2. The van der Waals surface area contributed by atoms with Crippen LogP contribution < -0.4 is 10.6 Å². The van der Waals surface area contributed by atoms with Gasteiger partial charge in [0.15, 0.2) is 0 Å². The molecular weight excluding hydrogens is 297 g/mol. The second kappa shape index (κ2) is 6.31. The molecule has 0 spiro atoms. The van der Waals surface area contributed by atoms with Crippen molar-refractivity contribution in [2.24, 2.45) is 0 Å². The van der Waals surface area contributed by atoms with E-state index in [4.69, 9.17) is 5.11 Å². The molecule has 0 saturated carbocycles. The summed E-state index contributed by atoms with van der Waals surface area (Å²) in [5.74, 6) is -2.04. The monoisotopic (exact) mass is 309 g/mol. The number of aromatic carboxylic acids is 1. The number of hydrogen-bond acceptors (Lipinski definition) is 4. The van der Waals surface area contributed by atoms with Gasteiger partial charge in [0.25, 0.3) is 0 Å². The first-order valence-electron chi connectivity index (χ1n) is 5.94. The smallest absolute Gasteiger partial charge is 0.335 e. The predicted octanol–water partition coefficient (Wildman–Crippen LogP) is 2.61. The van der Waals surface area contributed by atoms with E-state index < -0.39 is 17.8 Å². The Morgan fingerprint density at radius 2 is 2.19 bits per heavy atom. The molecule has 2 amide bonds. The van der Waals surface area contributed by atoms with Gasteiger partial charge < -0.3 is 15.7 Å². The minimum Gasteiger partial charge on any atom is -0.478 e. The number of anilines is 1. The Morgan fingerprint density at radius 3 is 2.76 bits per heavy atom. The largest absolute Gasteiger partial charge is 0.478 e. The summed E-state index contributed by atoms with van der Waals surface area (Å²) in [6, 6.07) is 2.67. The molecule has 0 fully saturated rings. The number of carboxylic acid groups (broad SMARTS) is 1. The molecule has 21 heavy (non-hydrogen) atoms. The number of aromatic nitrogens is 1. The molecule has 0 bridgehead atoms. The van der Waals surface area contributed by atoms with Crippen molar-refractivity contribution in [2.75, 3.05) is 5.32 Å². The molecule has 3 N–H and O–H groups in total. The van der Waals surface area contributed by atoms with E-state index >= 15 is 0 Å². The van der Waals surface area contributed by atoms with Gasteiger partial charge >= 0.3 is 12.0 Å². The number of aryl methyl sites for hydroxylation is 1. The summed E-state index contributed by atoms with van der Waals surface area (Å²) in [6.07, 6.45) is 1.70.